The fourth-order valence-electron chi connectivity index (χ4n) is 6.10. The van der Waals surface area contributed by atoms with Gasteiger partial charge in [-0.25, -0.2) is 0 Å². The average Bonchev–Trinajstić information content (AvgIpc) is 3.60. The first-order valence-corrected chi connectivity index (χ1v) is 13.3. The van der Waals surface area contributed by atoms with Gasteiger partial charge in [0.05, 0.1) is 24.3 Å². The Morgan fingerprint density at radius 1 is 1.14 bits per heavy atom. The van der Waals surface area contributed by atoms with E-state index in [1.54, 1.807) is 0 Å². The second-order valence-electron chi connectivity index (χ2n) is 9.70. The van der Waals surface area contributed by atoms with Crippen LogP contribution in [0.2, 0.25) is 0 Å². The van der Waals surface area contributed by atoms with E-state index in [-0.39, 0.29) is 30.0 Å². The Hall–Kier alpha value is -2.85. The molecule has 0 aliphatic carbocycles. The lowest BCUT2D eigenvalue weighted by Gasteiger charge is -2.34. The Morgan fingerprint density at radius 2 is 1.94 bits per heavy atom. The van der Waals surface area contributed by atoms with Crippen molar-refractivity contribution in [3.63, 3.8) is 0 Å². The smallest absolute Gasteiger partial charge is 0.323 e. The number of amides is 1. The highest BCUT2D eigenvalue weighted by molar-refractivity contribution is 5.85. The van der Waals surface area contributed by atoms with Crippen LogP contribution in [0.1, 0.15) is 70.6 Å². The Morgan fingerprint density at radius 3 is 2.66 bits per heavy atom. The van der Waals surface area contributed by atoms with Gasteiger partial charge in [0.25, 0.3) is 0 Å². The van der Waals surface area contributed by atoms with Crippen LogP contribution in [0.4, 0.5) is 0 Å². The van der Waals surface area contributed by atoms with E-state index >= 15 is 0 Å². The molecule has 1 amide bonds. The van der Waals surface area contributed by atoms with Crippen molar-refractivity contribution in [2.75, 3.05) is 19.7 Å². The summed E-state index contributed by atoms with van der Waals surface area (Å²) in [6.07, 6.45) is 6.28. The number of benzene rings is 1. The lowest BCUT2D eigenvalue weighted by atomic mass is 10.0. The van der Waals surface area contributed by atoms with Crippen LogP contribution in [0, 0.1) is 11.3 Å². The molecule has 7 nitrogen and oxygen atoms in total. The number of esters is 1. The number of carbonyl (C=O) groups excluding carboxylic acids is 2. The lowest BCUT2D eigenvalue weighted by molar-refractivity contribution is -0.152. The monoisotopic (exact) mass is 478 g/mol. The molecule has 0 saturated carbocycles. The van der Waals surface area contributed by atoms with Gasteiger partial charge >= 0.3 is 5.97 Å². The van der Waals surface area contributed by atoms with Gasteiger partial charge in [0.1, 0.15) is 6.04 Å². The first-order valence-electron chi connectivity index (χ1n) is 13.3. The molecule has 2 saturated heterocycles. The zero-order valence-corrected chi connectivity index (χ0v) is 21.3. The largest absolute Gasteiger partial charge is 0.465 e. The SMILES string of the molecule is CCOC(=O)C(CC)N1CCCC1C(=O)N1CCCC1CCc1cc2ccc(C#N)cc2n1CC. The number of hydrogen-bond acceptors (Lipinski definition) is 5. The molecule has 3 heterocycles. The first-order chi connectivity index (χ1) is 17.0. The summed E-state index contributed by atoms with van der Waals surface area (Å²) in [5, 5.41) is 10.4. The average molecular weight is 479 g/mol. The van der Waals surface area contributed by atoms with E-state index in [4.69, 9.17) is 4.74 Å². The molecule has 7 heteroatoms. The molecule has 2 aliphatic rings. The van der Waals surface area contributed by atoms with Crippen molar-refractivity contribution in [2.45, 2.75) is 90.4 Å². The number of likely N-dealkylation sites (tertiary alicyclic amines) is 2. The molecule has 4 rings (SSSR count). The maximum Gasteiger partial charge on any atom is 0.323 e. The van der Waals surface area contributed by atoms with Gasteiger partial charge < -0.3 is 14.2 Å². The second kappa shape index (κ2) is 11.3. The van der Waals surface area contributed by atoms with E-state index in [9.17, 15) is 14.9 Å². The molecular weight excluding hydrogens is 440 g/mol. The van der Waals surface area contributed by atoms with Crippen molar-refractivity contribution < 1.29 is 14.3 Å². The lowest BCUT2D eigenvalue weighted by Crippen LogP contribution is -2.52. The maximum absolute atomic E-state index is 13.7. The summed E-state index contributed by atoms with van der Waals surface area (Å²) in [7, 11) is 0. The molecule has 1 aromatic carbocycles. The molecule has 0 N–H and O–H groups in total. The van der Waals surface area contributed by atoms with Crippen molar-refractivity contribution in [3.05, 3.63) is 35.5 Å². The van der Waals surface area contributed by atoms with Crippen LogP contribution in [0.15, 0.2) is 24.3 Å². The number of ether oxygens (including phenoxy) is 1. The van der Waals surface area contributed by atoms with Gasteiger partial charge in [-0.15, -0.1) is 0 Å². The standard InChI is InChI=1S/C28H38N4O3/c1-4-24(28(34)35-6-3)32-16-8-10-25(32)27(33)31-15-7-9-22(31)13-14-23-18-21-12-11-20(19-29)17-26(21)30(23)5-2/h11-12,17-18,22,24-25H,4-10,13-16H2,1-3H3. The van der Waals surface area contributed by atoms with Gasteiger partial charge in [0.15, 0.2) is 0 Å². The Bertz CT molecular complexity index is 1100. The normalized spacial score (nSPS) is 21.4. The molecule has 0 bridgehead atoms. The summed E-state index contributed by atoms with van der Waals surface area (Å²) in [4.78, 5) is 30.4. The first kappa shape index (κ1) is 25.2. The third-order valence-electron chi connectivity index (χ3n) is 7.75. The van der Waals surface area contributed by atoms with E-state index < -0.39 is 0 Å². The predicted molar refractivity (Wildman–Crippen MR) is 136 cm³/mol. The van der Waals surface area contributed by atoms with Gasteiger partial charge in [-0.2, -0.15) is 5.26 Å². The summed E-state index contributed by atoms with van der Waals surface area (Å²) in [6, 6.07) is 9.99. The minimum atomic E-state index is -0.342. The van der Waals surface area contributed by atoms with Crippen LogP contribution in [0.5, 0.6) is 0 Å². The van der Waals surface area contributed by atoms with Crippen LogP contribution in [0.25, 0.3) is 10.9 Å². The Labute approximate surface area is 208 Å². The minimum absolute atomic E-state index is 0.183. The van der Waals surface area contributed by atoms with Gasteiger partial charge in [-0.1, -0.05) is 13.0 Å². The van der Waals surface area contributed by atoms with E-state index in [0.717, 1.165) is 69.1 Å². The maximum atomic E-state index is 13.7. The topological polar surface area (TPSA) is 78.6 Å². The van der Waals surface area contributed by atoms with Crippen molar-refractivity contribution in [2.24, 2.45) is 0 Å². The molecule has 3 atom stereocenters. The van der Waals surface area contributed by atoms with Gasteiger partial charge in [0.2, 0.25) is 5.91 Å². The summed E-state index contributed by atoms with van der Waals surface area (Å²) in [6.45, 7) is 8.74. The number of aryl methyl sites for hydroxylation is 2. The number of fused-ring (bicyclic) bond motifs is 1. The molecule has 3 unspecified atom stereocenters. The van der Waals surface area contributed by atoms with E-state index in [2.05, 4.69) is 33.4 Å². The number of carbonyl (C=O) groups is 2. The van der Waals surface area contributed by atoms with Gasteiger partial charge in [-0.05, 0) is 88.9 Å². The van der Waals surface area contributed by atoms with Crippen LogP contribution in [0.3, 0.4) is 0 Å². The third-order valence-corrected chi connectivity index (χ3v) is 7.75. The molecule has 1 aromatic heterocycles. The number of nitrogens with zero attached hydrogens (tertiary/aromatic N) is 4. The van der Waals surface area contributed by atoms with Crippen LogP contribution < -0.4 is 0 Å². The quantitative estimate of drug-likeness (QED) is 0.503. The third kappa shape index (κ3) is 5.08. The summed E-state index contributed by atoms with van der Waals surface area (Å²) < 4.78 is 7.60. The molecule has 2 aromatic rings. The number of hydrogen-bond donors (Lipinski definition) is 0. The van der Waals surface area contributed by atoms with Crippen molar-refractivity contribution in [3.8, 4) is 6.07 Å². The molecule has 0 radical (unpaired) electrons. The highest BCUT2D eigenvalue weighted by atomic mass is 16.5. The molecular formula is C28H38N4O3. The summed E-state index contributed by atoms with van der Waals surface area (Å²) >= 11 is 0. The Balaban J connectivity index is 1.46. The molecule has 188 valence electrons. The van der Waals surface area contributed by atoms with Crippen LogP contribution in [-0.4, -0.2) is 64.1 Å². The highest BCUT2D eigenvalue weighted by Gasteiger charge is 2.42. The van der Waals surface area contributed by atoms with Crippen molar-refractivity contribution in [1.82, 2.24) is 14.4 Å². The van der Waals surface area contributed by atoms with Gasteiger partial charge in [-0.3, -0.25) is 14.5 Å². The van der Waals surface area contributed by atoms with Crippen molar-refractivity contribution >= 4 is 22.8 Å². The summed E-state index contributed by atoms with van der Waals surface area (Å²) in [5.41, 5.74) is 3.04. The number of aromatic nitrogens is 1. The second-order valence-corrected chi connectivity index (χ2v) is 9.70. The molecule has 0 spiro atoms. The number of rotatable bonds is 9. The van der Waals surface area contributed by atoms with Crippen LogP contribution >= 0.6 is 0 Å². The van der Waals surface area contributed by atoms with E-state index in [0.29, 0.717) is 18.6 Å². The van der Waals surface area contributed by atoms with Gasteiger partial charge in [0, 0.05) is 30.3 Å². The molecule has 35 heavy (non-hydrogen) atoms. The zero-order valence-electron chi connectivity index (χ0n) is 21.3. The van der Waals surface area contributed by atoms with Crippen molar-refractivity contribution in [1.29, 1.82) is 5.26 Å². The Kier molecular flexibility index (Phi) is 8.12. The zero-order chi connectivity index (χ0) is 24.9. The molecule has 2 aliphatic heterocycles. The van der Waals surface area contributed by atoms with Crippen LogP contribution in [-0.2, 0) is 27.3 Å². The minimum Gasteiger partial charge on any atom is -0.465 e. The molecule has 2 fully saturated rings. The fraction of sp³-hybridized carbons (Fsp3) is 0.607. The van der Waals surface area contributed by atoms with E-state index in [1.807, 2.05) is 32.0 Å². The predicted octanol–water partition coefficient (Wildman–Crippen LogP) is 4.26. The van der Waals surface area contributed by atoms with E-state index in [1.165, 1.54) is 5.69 Å². The highest BCUT2D eigenvalue weighted by Crippen LogP contribution is 2.30. The number of nitriles is 1. The summed E-state index contributed by atoms with van der Waals surface area (Å²) in [5.74, 6) is -0.0259. The fourth-order valence-corrected chi connectivity index (χ4v) is 6.10.